The number of benzene rings is 2. The number of rotatable bonds is 6. The quantitative estimate of drug-likeness (QED) is 0.394. The van der Waals surface area contributed by atoms with Crippen molar-refractivity contribution in [2.45, 2.75) is 0 Å². The molecule has 0 aliphatic carbocycles. The molecule has 1 N–H and O–H groups in total. The molecule has 4 aromatic rings. The largest absolute Gasteiger partial charge is 0.484 e. The lowest BCUT2D eigenvalue weighted by molar-refractivity contribution is -0.384. The first-order chi connectivity index (χ1) is 13.6. The third-order valence-electron chi connectivity index (χ3n) is 3.98. The zero-order valence-corrected chi connectivity index (χ0v) is 15.3. The van der Waals surface area contributed by atoms with E-state index in [4.69, 9.17) is 4.74 Å². The standard InChI is InChI=1S/C19H14N4O4S/c24-18(12-27-16-7-5-15(6-8-16)23(25)26)20-14-3-1-13(2-4-14)17-11-22-9-10-28-19(22)21-17/h1-11H,12H2,(H,20,24). The predicted octanol–water partition coefficient (Wildman–Crippen LogP) is 3.99. The van der Waals surface area contributed by atoms with E-state index >= 15 is 0 Å². The molecule has 0 bridgehead atoms. The van der Waals surface area contributed by atoms with Crippen LogP contribution in [0.2, 0.25) is 0 Å². The average molecular weight is 394 g/mol. The number of hydrogen-bond acceptors (Lipinski definition) is 6. The van der Waals surface area contributed by atoms with Crippen molar-refractivity contribution in [2.24, 2.45) is 0 Å². The Bertz CT molecular complexity index is 1100. The van der Waals surface area contributed by atoms with E-state index in [0.717, 1.165) is 16.2 Å². The number of ether oxygens (including phenoxy) is 1. The number of fused-ring (bicyclic) bond motifs is 1. The summed E-state index contributed by atoms with van der Waals surface area (Å²) in [4.78, 5) is 27.6. The van der Waals surface area contributed by atoms with Crippen molar-refractivity contribution in [2.75, 3.05) is 11.9 Å². The third kappa shape index (κ3) is 3.84. The highest BCUT2D eigenvalue weighted by molar-refractivity contribution is 7.15. The van der Waals surface area contributed by atoms with Gasteiger partial charge in [0.05, 0.1) is 10.6 Å². The van der Waals surface area contributed by atoms with Crippen LogP contribution < -0.4 is 10.1 Å². The Hall–Kier alpha value is -3.72. The van der Waals surface area contributed by atoms with Crippen LogP contribution in [0.5, 0.6) is 5.75 Å². The van der Waals surface area contributed by atoms with Crippen molar-refractivity contribution in [3.63, 3.8) is 0 Å². The number of carbonyl (C=O) groups is 1. The number of amides is 1. The second-order valence-electron chi connectivity index (χ2n) is 5.88. The summed E-state index contributed by atoms with van der Waals surface area (Å²) in [5.74, 6) is 0.0597. The van der Waals surface area contributed by atoms with Gasteiger partial charge < -0.3 is 10.1 Å². The topological polar surface area (TPSA) is 98.8 Å². The van der Waals surface area contributed by atoms with Crippen LogP contribution in [0.3, 0.4) is 0 Å². The number of nitro benzene ring substituents is 1. The van der Waals surface area contributed by atoms with E-state index in [1.165, 1.54) is 24.3 Å². The van der Waals surface area contributed by atoms with Gasteiger partial charge in [-0.25, -0.2) is 4.98 Å². The van der Waals surface area contributed by atoms with Crippen LogP contribution in [-0.2, 0) is 4.79 Å². The summed E-state index contributed by atoms with van der Waals surface area (Å²) in [5, 5.41) is 15.3. The molecular formula is C19H14N4O4S. The molecule has 2 aromatic carbocycles. The number of aromatic nitrogens is 2. The van der Waals surface area contributed by atoms with Crippen molar-refractivity contribution >= 4 is 33.6 Å². The lowest BCUT2D eigenvalue weighted by atomic mass is 10.1. The lowest BCUT2D eigenvalue weighted by Gasteiger charge is -2.08. The Balaban J connectivity index is 1.34. The van der Waals surface area contributed by atoms with Crippen molar-refractivity contribution in [3.05, 3.63) is 76.4 Å². The highest BCUT2D eigenvalue weighted by atomic mass is 32.1. The maximum absolute atomic E-state index is 12.0. The van der Waals surface area contributed by atoms with Crippen LogP contribution >= 0.6 is 11.3 Å². The Morgan fingerprint density at radius 1 is 1.18 bits per heavy atom. The first-order valence-corrected chi connectivity index (χ1v) is 9.16. The van der Waals surface area contributed by atoms with Gasteiger partial charge in [-0.15, -0.1) is 11.3 Å². The molecule has 0 fully saturated rings. The van der Waals surface area contributed by atoms with E-state index in [1.54, 1.807) is 23.5 Å². The highest BCUT2D eigenvalue weighted by Crippen LogP contribution is 2.23. The molecule has 1 amide bonds. The Morgan fingerprint density at radius 3 is 2.61 bits per heavy atom. The fraction of sp³-hybridized carbons (Fsp3) is 0.0526. The van der Waals surface area contributed by atoms with Crippen LogP contribution in [0, 0.1) is 10.1 Å². The van der Waals surface area contributed by atoms with Crippen molar-refractivity contribution in [3.8, 4) is 17.0 Å². The number of nitrogens with one attached hydrogen (secondary N) is 1. The van der Waals surface area contributed by atoms with E-state index in [0.29, 0.717) is 11.4 Å². The summed E-state index contributed by atoms with van der Waals surface area (Å²) in [7, 11) is 0. The SMILES string of the molecule is O=C(COc1ccc([N+](=O)[O-])cc1)Nc1ccc(-c2cn3ccsc3n2)cc1. The summed E-state index contributed by atoms with van der Waals surface area (Å²) in [6.07, 6.45) is 3.91. The molecular weight excluding hydrogens is 380 g/mol. The van der Waals surface area contributed by atoms with Gasteiger partial charge in [0.2, 0.25) is 0 Å². The summed E-state index contributed by atoms with van der Waals surface area (Å²) < 4.78 is 7.31. The van der Waals surface area contributed by atoms with Gasteiger partial charge in [-0.05, 0) is 24.3 Å². The first-order valence-electron chi connectivity index (χ1n) is 8.28. The van der Waals surface area contributed by atoms with Gasteiger partial charge in [-0.3, -0.25) is 19.3 Å². The molecule has 2 aromatic heterocycles. The zero-order valence-electron chi connectivity index (χ0n) is 14.4. The van der Waals surface area contributed by atoms with Gasteiger partial charge >= 0.3 is 0 Å². The summed E-state index contributed by atoms with van der Waals surface area (Å²) in [6, 6.07) is 12.9. The van der Waals surface area contributed by atoms with Crippen LogP contribution in [-0.4, -0.2) is 26.8 Å². The normalized spacial score (nSPS) is 10.7. The van der Waals surface area contributed by atoms with E-state index in [2.05, 4.69) is 10.3 Å². The van der Waals surface area contributed by atoms with Gasteiger partial charge in [0.1, 0.15) is 5.75 Å². The maximum atomic E-state index is 12.0. The minimum absolute atomic E-state index is 0.0329. The van der Waals surface area contributed by atoms with Crippen LogP contribution in [0.1, 0.15) is 0 Å². The number of imidazole rings is 1. The summed E-state index contributed by atoms with van der Waals surface area (Å²) >= 11 is 1.57. The second kappa shape index (κ2) is 7.49. The van der Waals surface area contributed by atoms with Gasteiger partial charge in [0, 0.05) is 41.2 Å². The van der Waals surface area contributed by atoms with Gasteiger partial charge in [-0.1, -0.05) is 12.1 Å². The van der Waals surface area contributed by atoms with E-state index in [1.807, 2.05) is 34.3 Å². The number of nitrogens with zero attached hydrogens (tertiary/aromatic N) is 3. The smallest absolute Gasteiger partial charge is 0.269 e. The van der Waals surface area contributed by atoms with Crippen molar-refractivity contribution in [1.29, 1.82) is 0 Å². The molecule has 0 atom stereocenters. The van der Waals surface area contributed by atoms with Gasteiger partial charge in [0.25, 0.3) is 11.6 Å². The Kier molecular flexibility index (Phi) is 4.73. The number of anilines is 1. The number of nitro groups is 1. The van der Waals surface area contributed by atoms with E-state index in [9.17, 15) is 14.9 Å². The highest BCUT2D eigenvalue weighted by Gasteiger charge is 2.08. The maximum Gasteiger partial charge on any atom is 0.269 e. The van der Waals surface area contributed by atoms with E-state index < -0.39 is 4.92 Å². The minimum Gasteiger partial charge on any atom is -0.484 e. The Labute approximate surface area is 163 Å². The number of non-ortho nitro benzene ring substituents is 1. The molecule has 0 spiro atoms. The molecule has 0 aliphatic heterocycles. The first kappa shape index (κ1) is 17.7. The molecule has 2 heterocycles. The molecule has 0 saturated carbocycles. The number of carbonyl (C=O) groups excluding carboxylic acids is 1. The fourth-order valence-electron chi connectivity index (χ4n) is 2.60. The molecule has 8 nitrogen and oxygen atoms in total. The zero-order chi connectivity index (χ0) is 19.5. The van der Waals surface area contributed by atoms with Gasteiger partial charge in [-0.2, -0.15) is 0 Å². The molecule has 140 valence electrons. The minimum atomic E-state index is -0.493. The third-order valence-corrected chi connectivity index (χ3v) is 4.75. The van der Waals surface area contributed by atoms with Crippen molar-refractivity contribution in [1.82, 2.24) is 9.38 Å². The van der Waals surface area contributed by atoms with Crippen LogP contribution in [0.4, 0.5) is 11.4 Å². The Morgan fingerprint density at radius 2 is 1.93 bits per heavy atom. The molecule has 28 heavy (non-hydrogen) atoms. The summed E-state index contributed by atoms with van der Waals surface area (Å²) in [6.45, 7) is -0.198. The van der Waals surface area contributed by atoms with Crippen LogP contribution in [0.25, 0.3) is 16.2 Å². The molecule has 0 aliphatic rings. The van der Waals surface area contributed by atoms with Gasteiger partial charge in [0.15, 0.2) is 11.6 Å². The van der Waals surface area contributed by atoms with Crippen molar-refractivity contribution < 1.29 is 14.5 Å². The predicted molar refractivity (Wildman–Crippen MR) is 106 cm³/mol. The van der Waals surface area contributed by atoms with Crippen LogP contribution in [0.15, 0.2) is 66.3 Å². The summed E-state index contributed by atoms with van der Waals surface area (Å²) in [5.41, 5.74) is 2.43. The number of hydrogen-bond donors (Lipinski definition) is 1. The molecule has 0 unspecified atom stereocenters. The molecule has 9 heteroatoms. The monoisotopic (exact) mass is 394 g/mol. The molecule has 4 rings (SSSR count). The number of thiazole rings is 1. The molecule has 0 saturated heterocycles. The second-order valence-corrected chi connectivity index (χ2v) is 6.76. The average Bonchev–Trinajstić information content (AvgIpc) is 3.29. The molecule has 0 radical (unpaired) electrons. The fourth-order valence-corrected chi connectivity index (χ4v) is 3.30. The lowest BCUT2D eigenvalue weighted by Crippen LogP contribution is -2.20. The van der Waals surface area contributed by atoms with E-state index in [-0.39, 0.29) is 18.2 Å².